The van der Waals surface area contributed by atoms with Crippen molar-refractivity contribution in [3.8, 4) is 6.07 Å². The second kappa shape index (κ2) is 13.0. The van der Waals surface area contributed by atoms with Gasteiger partial charge in [-0.05, 0) is 68.6 Å². The first-order valence-corrected chi connectivity index (χ1v) is 13.7. The van der Waals surface area contributed by atoms with E-state index in [1.54, 1.807) is 23.1 Å². The number of ketones is 1. The van der Waals surface area contributed by atoms with Crippen molar-refractivity contribution in [1.82, 2.24) is 9.97 Å². The van der Waals surface area contributed by atoms with Crippen LogP contribution in [0.25, 0.3) is 0 Å². The Labute approximate surface area is 232 Å². The number of anilines is 2. The van der Waals surface area contributed by atoms with Gasteiger partial charge >= 0.3 is 6.18 Å². The van der Waals surface area contributed by atoms with E-state index in [2.05, 4.69) is 21.0 Å². The van der Waals surface area contributed by atoms with Crippen molar-refractivity contribution in [3.05, 3.63) is 47.3 Å². The van der Waals surface area contributed by atoms with Crippen molar-refractivity contribution >= 4 is 23.4 Å². The van der Waals surface area contributed by atoms with Crippen molar-refractivity contribution in [2.75, 3.05) is 36.0 Å². The molecule has 4 N–H and O–H groups in total. The van der Waals surface area contributed by atoms with Crippen LogP contribution in [0.1, 0.15) is 61.9 Å². The molecule has 3 heterocycles. The fraction of sp³-hybridized carbons (Fsp3) is 0.536. The van der Waals surface area contributed by atoms with Gasteiger partial charge < -0.3 is 21.3 Å². The van der Waals surface area contributed by atoms with Crippen molar-refractivity contribution in [3.63, 3.8) is 0 Å². The van der Waals surface area contributed by atoms with Gasteiger partial charge in [0.25, 0.3) is 0 Å². The van der Waals surface area contributed by atoms with Crippen LogP contribution in [0.2, 0.25) is 0 Å². The van der Waals surface area contributed by atoms with E-state index in [9.17, 15) is 18.0 Å². The lowest BCUT2D eigenvalue weighted by molar-refractivity contribution is -0.144. The van der Waals surface area contributed by atoms with Gasteiger partial charge in [-0.15, -0.1) is 0 Å². The number of nitrogens with zero attached hydrogens (tertiary/aromatic N) is 6. The molecule has 12 heteroatoms. The van der Waals surface area contributed by atoms with Gasteiger partial charge in [-0.2, -0.15) is 18.4 Å². The highest BCUT2D eigenvalue weighted by Gasteiger charge is 2.38. The lowest BCUT2D eigenvalue weighted by atomic mass is 9.93. The Morgan fingerprint density at radius 1 is 1.07 bits per heavy atom. The average Bonchev–Trinajstić information content (AvgIpc) is 3.43. The number of carbonyl (C=O) groups is 1. The van der Waals surface area contributed by atoms with E-state index >= 15 is 0 Å². The lowest BCUT2D eigenvalue weighted by Crippen LogP contribution is -2.38. The standard InChI is InChI=1S/C28H35F3N8O/c29-28(30,31)26-36-24(38-15-11-20(12-16-38)10-13-35-27(33)34)17-25(37-26)39-14-2-4-22(39)23(40)5-1-3-19-6-8-21(18-32)9-7-19/h6-9,17,20,22H,1-5,10-16H2,(H4,33,34,35)/t22-/m0/s1. The molecule has 0 radical (unpaired) electrons. The summed E-state index contributed by atoms with van der Waals surface area (Å²) in [5, 5.41) is 8.94. The van der Waals surface area contributed by atoms with Gasteiger partial charge in [-0.1, -0.05) is 12.1 Å². The molecule has 0 saturated carbocycles. The molecule has 1 aromatic heterocycles. The summed E-state index contributed by atoms with van der Waals surface area (Å²) in [5.74, 6) is -0.368. The number of guanidine groups is 1. The number of hydrogen-bond donors (Lipinski definition) is 2. The SMILES string of the molecule is N#Cc1ccc(CCCC(=O)[C@@H]2CCCN2c2cc(N3CCC(CCN=C(N)N)CC3)nc(C(F)(F)F)n2)cc1. The van der Waals surface area contributed by atoms with Crippen molar-refractivity contribution in [2.45, 2.75) is 63.6 Å². The number of nitriles is 1. The molecule has 1 aromatic carbocycles. The number of piperidine rings is 1. The Kier molecular flexibility index (Phi) is 9.45. The third kappa shape index (κ3) is 7.61. The summed E-state index contributed by atoms with van der Waals surface area (Å²) in [5.41, 5.74) is 12.4. The number of carbonyl (C=O) groups excluding carboxylic acids is 1. The average molecular weight is 557 g/mol. The van der Waals surface area contributed by atoms with Crippen LogP contribution in [-0.2, 0) is 17.4 Å². The Bertz CT molecular complexity index is 1230. The molecular weight excluding hydrogens is 521 g/mol. The smallest absolute Gasteiger partial charge is 0.370 e. The van der Waals surface area contributed by atoms with E-state index in [0.717, 1.165) is 24.8 Å². The predicted molar refractivity (Wildman–Crippen MR) is 147 cm³/mol. The van der Waals surface area contributed by atoms with Gasteiger partial charge in [0.2, 0.25) is 5.82 Å². The maximum Gasteiger partial charge on any atom is 0.451 e. The van der Waals surface area contributed by atoms with E-state index in [1.165, 1.54) is 0 Å². The summed E-state index contributed by atoms with van der Waals surface area (Å²) < 4.78 is 41.5. The molecule has 2 aromatic rings. The summed E-state index contributed by atoms with van der Waals surface area (Å²) in [6.07, 6.45) is 0.610. The zero-order valence-corrected chi connectivity index (χ0v) is 22.4. The molecule has 2 aliphatic heterocycles. The van der Waals surface area contributed by atoms with E-state index in [4.69, 9.17) is 16.7 Å². The summed E-state index contributed by atoms with van der Waals surface area (Å²) in [6.45, 7) is 2.13. The first-order chi connectivity index (χ1) is 19.1. The molecule has 0 unspecified atom stereocenters. The Morgan fingerprint density at radius 3 is 2.42 bits per heavy atom. The lowest BCUT2D eigenvalue weighted by Gasteiger charge is -2.34. The topological polar surface area (TPSA) is 138 Å². The number of aromatic nitrogens is 2. The number of Topliss-reactive ketones (excluding diaryl/α,β-unsaturated/α-hetero) is 1. The van der Waals surface area contributed by atoms with Crippen LogP contribution in [0.4, 0.5) is 24.8 Å². The molecule has 0 bridgehead atoms. The molecule has 2 fully saturated rings. The molecular formula is C28H35F3N8O. The van der Waals surface area contributed by atoms with Crippen LogP contribution in [0.3, 0.4) is 0 Å². The van der Waals surface area contributed by atoms with Crippen LogP contribution < -0.4 is 21.3 Å². The first kappa shape index (κ1) is 29.1. The summed E-state index contributed by atoms with van der Waals surface area (Å²) in [6, 6.07) is 10.4. The number of aliphatic imine (C=N–C) groups is 1. The van der Waals surface area contributed by atoms with Crippen molar-refractivity contribution in [1.29, 1.82) is 5.26 Å². The van der Waals surface area contributed by atoms with Gasteiger partial charge in [-0.25, -0.2) is 9.97 Å². The molecule has 4 rings (SSSR count). The largest absolute Gasteiger partial charge is 0.451 e. The Hall–Kier alpha value is -3.88. The van der Waals surface area contributed by atoms with E-state index < -0.39 is 18.0 Å². The zero-order chi connectivity index (χ0) is 28.7. The fourth-order valence-corrected chi connectivity index (χ4v) is 5.44. The number of aryl methyl sites for hydroxylation is 1. The molecule has 0 aliphatic carbocycles. The van der Waals surface area contributed by atoms with Crippen LogP contribution in [0.15, 0.2) is 35.3 Å². The molecule has 2 aliphatic rings. The minimum atomic E-state index is -4.70. The molecule has 214 valence electrons. The number of hydrogen-bond acceptors (Lipinski definition) is 7. The molecule has 9 nitrogen and oxygen atoms in total. The number of alkyl halides is 3. The first-order valence-electron chi connectivity index (χ1n) is 13.7. The molecule has 2 saturated heterocycles. The third-order valence-corrected chi connectivity index (χ3v) is 7.61. The highest BCUT2D eigenvalue weighted by molar-refractivity contribution is 5.87. The van der Waals surface area contributed by atoms with E-state index in [1.807, 2.05) is 17.0 Å². The highest BCUT2D eigenvalue weighted by atomic mass is 19.4. The normalized spacial score (nSPS) is 18.0. The molecule has 0 spiro atoms. The number of rotatable bonds is 10. The maximum absolute atomic E-state index is 13.8. The van der Waals surface area contributed by atoms with Gasteiger partial charge in [0.05, 0.1) is 17.7 Å². The molecule has 40 heavy (non-hydrogen) atoms. The third-order valence-electron chi connectivity index (χ3n) is 7.61. The summed E-state index contributed by atoms with van der Waals surface area (Å²) in [7, 11) is 0. The van der Waals surface area contributed by atoms with Gasteiger partial charge in [0.15, 0.2) is 11.7 Å². The van der Waals surface area contributed by atoms with Crippen LogP contribution in [-0.4, -0.2) is 53.9 Å². The van der Waals surface area contributed by atoms with Crippen LogP contribution >= 0.6 is 0 Å². The number of halogens is 3. The summed E-state index contributed by atoms with van der Waals surface area (Å²) >= 11 is 0. The van der Waals surface area contributed by atoms with Crippen molar-refractivity contribution in [2.24, 2.45) is 22.4 Å². The number of benzene rings is 1. The predicted octanol–water partition coefficient (Wildman–Crippen LogP) is 3.81. The molecule has 1 atom stereocenters. The minimum Gasteiger partial charge on any atom is -0.370 e. The van der Waals surface area contributed by atoms with Gasteiger partial charge in [0, 0.05) is 38.7 Å². The fourth-order valence-electron chi connectivity index (χ4n) is 5.44. The second-order valence-corrected chi connectivity index (χ2v) is 10.4. The molecule has 0 amide bonds. The minimum absolute atomic E-state index is 0.00135. The van der Waals surface area contributed by atoms with E-state index in [-0.39, 0.29) is 23.4 Å². The highest BCUT2D eigenvalue weighted by Crippen LogP contribution is 2.34. The van der Waals surface area contributed by atoms with Crippen LogP contribution in [0.5, 0.6) is 0 Å². The quantitative estimate of drug-likeness (QED) is 0.333. The number of nitrogens with two attached hydrogens (primary N) is 2. The van der Waals surface area contributed by atoms with E-state index in [0.29, 0.717) is 69.8 Å². The van der Waals surface area contributed by atoms with Gasteiger partial charge in [0.1, 0.15) is 11.6 Å². The summed E-state index contributed by atoms with van der Waals surface area (Å²) in [4.78, 5) is 28.5. The Balaban J connectivity index is 1.43. The zero-order valence-electron chi connectivity index (χ0n) is 22.4. The maximum atomic E-state index is 13.8. The van der Waals surface area contributed by atoms with Crippen LogP contribution in [0, 0.1) is 17.2 Å². The Morgan fingerprint density at radius 2 is 1.77 bits per heavy atom. The monoisotopic (exact) mass is 556 g/mol. The van der Waals surface area contributed by atoms with Crippen molar-refractivity contribution < 1.29 is 18.0 Å². The second-order valence-electron chi connectivity index (χ2n) is 10.4. The van der Waals surface area contributed by atoms with Gasteiger partial charge in [-0.3, -0.25) is 9.79 Å².